The van der Waals surface area contributed by atoms with E-state index < -0.39 is 36.6 Å². The first kappa shape index (κ1) is 29.7. The molecule has 5 nitrogen and oxygen atoms in total. The van der Waals surface area contributed by atoms with E-state index in [1.165, 1.54) is 0 Å². The van der Waals surface area contributed by atoms with E-state index >= 15 is 0 Å². The Morgan fingerprint density at radius 3 is 2.06 bits per heavy atom. The Kier molecular flexibility index (Phi) is 8.30. The Balaban J connectivity index is 2.31. The SMILES string of the molecule is CCO[C@@H]1CC(O[Si](CC)(CC)CC)[C@@]2(C)C(=O)C(=O)C3=C(C)[C@@H](C)C[C@@](O)([C@@H](C)[C@@H]2[C@H]1C)C3(C)C. The van der Waals surface area contributed by atoms with Gasteiger partial charge >= 0.3 is 0 Å². The quantitative estimate of drug-likeness (QED) is 0.313. The molecule has 2 bridgehead atoms. The third kappa shape index (κ3) is 4.04. The first-order valence-electron chi connectivity index (χ1n) is 14.5. The van der Waals surface area contributed by atoms with E-state index in [2.05, 4.69) is 41.5 Å². The van der Waals surface area contributed by atoms with Gasteiger partial charge in [-0.2, -0.15) is 0 Å². The Bertz CT molecular complexity index is 897. The molecule has 3 rings (SSSR count). The van der Waals surface area contributed by atoms with Gasteiger partial charge in [-0.05, 0) is 75.4 Å². The summed E-state index contributed by atoms with van der Waals surface area (Å²) in [6.07, 6.45) is 0.715. The van der Waals surface area contributed by atoms with Gasteiger partial charge in [0, 0.05) is 17.6 Å². The molecule has 0 saturated heterocycles. The zero-order chi connectivity index (χ0) is 27.4. The lowest BCUT2D eigenvalue weighted by Gasteiger charge is -2.62. The molecule has 0 amide bonds. The molecule has 0 aromatic carbocycles. The second-order valence-electron chi connectivity index (χ2n) is 12.9. The highest BCUT2D eigenvalue weighted by Crippen LogP contribution is 2.62. The number of hydrogen-bond donors (Lipinski definition) is 1. The number of carbonyl (C=O) groups excluding carboxylic acids is 2. The van der Waals surface area contributed by atoms with Crippen LogP contribution in [0.4, 0.5) is 0 Å². The van der Waals surface area contributed by atoms with Crippen LogP contribution in [0, 0.1) is 34.5 Å². The maximum absolute atomic E-state index is 14.5. The van der Waals surface area contributed by atoms with E-state index in [0.29, 0.717) is 25.0 Å². The van der Waals surface area contributed by atoms with Crippen LogP contribution >= 0.6 is 0 Å². The van der Waals surface area contributed by atoms with Crippen molar-refractivity contribution in [1.29, 1.82) is 0 Å². The second kappa shape index (κ2) is 10.1. The van der Waals surface area contributed by atoms with E-state index in [1.54, 1.807) is 0 Å². The standard InChI is InChI=1S/C30H52O5Si/c1-12-34-22-16-23(35-36(13-2,14-3)15-4)29(11)24(20(22)7)21(8)30(33)17-18(5)19(6)25(28(30,9)10)26(31)27(29)32/h18,20-24,33H,12-17H2,1-11H3/t18-,20-,21-,22+,23?,24-,29+,30+/m0/s1. The summed E-state index contributed by atoms with van der Waals surface area (Å²) < 4.78 is 13.4. The van der Waals surface area contributed by atoms with Crippen LogP contribution in [-0.2, 0) is 18.8 Å². The molecule has 2 fully saturated rings. The van der Waals surface area contributed by atoms with Crippen molar-refractivity contribution in [3.63, 3.8) is 0 Å². The van der Waals surface area contributed by atoms with E-state index in [9.17, 15) is 14.7 Å². The largest absolute Gasteiger partial charge is 0.413 e. The van der Waals surface area contributed by atoms with Crippen LogP contribution in [0.3, 0.4) is 0 Å². The summed E-state index contributed by atoms with van der Waals surface area (Å²) >= 11 is 0. The molecule has 1 N–H and O–H groups in total. The van der Waals surface area contributed by atoms with Gasteiger partial charge in [-0.3, -0.25) is 9.59 Å². The summed E-state index contributed by atoms with van der Waals surface area (Å²) in [4.78, 5) is 28.8. The Labute approximate surface area is 220 Å². The van der Waals surface area contributed by atoms with Gasteiger partial charge in [-0.1, -0.05) is 61.0 Å². The summed E-state index contributed by atoms with van der Waals surface area (Å²) in [6.45, 7) is 23.4. The highest BCUT2D eigenvalue weighted by molar-refractivity contribution is 6.73. The van der Waals surface area contributed by atoms with Crippen LogP contribution in [0.25, 0.3) is 0 Å². The maximum atomic E-state index is 14.5. The summed E-state index contributed by atoms with van der Waals surface area (Å²) in [7, 11) is -2.10. The molecule has 0 aromatic rings. The molecule has 2 saturated carbocycles. The van der Waals surface area contributed by atoms with Gasteiger partial charge in [0.1, 0.15) is 0 Å². The summed E-state index contributed by atoms with van der Waals surface area (Å²) in [5.74, 6) is -1.14. The van der Waals surface area contributed by atoms with E-state index in [1.807, 2.05) is 34.6 Å². The number of carbonyl (C=O) groups is 2. The molecule has 3 aliphatic carbocycles. The van der Waals surface area contributed by atoms with Gasteiger partial charge < -0.3 is 14.3 Å². The van der Waals surface area contributed by atoms with Gasteiger partial charge in [-0.25, -0.2) is 0 Å². The zero-order valence-corrected chi connectivity index (χ0v) is 25.8. The number of fused-ring (bicyclic) bond motifs is 3. The number of rotatable bonds is 7. The summed E-state index contributed by atoms with van der Waals surface area (Å²) in [5.41, 5.74) is -1.47. The minimum atomic E-state index is -2.10. The molecule has 0 aliphatic heterocycles. The molecular formula is C30H52O5Si. The minimum absolute atomic E-state index is 0.00572. The number of ketones is 2. The summed E-state index contributed by atoms with van der Waals surface area (Å²) in [5, 5.41) is 12.6. The predicted molar refractivity (Wildman–Crippen MR) is 147 cm³/mol. The first-order valence-corrected chi connectivity index (χ1v) is 17.0. The van der Waals surface area contributed by atoms with Crippen LogP contribution < -0.4 is 0 Å². The van der Waals surface area contributed by atoms with Gasteiger partial charge in [0.25, 0.3) is 0 Å². The van der Waals surface area contributed by atoms with Crippen molar-refractivity contribution in [2.45, 2.75) is 125 Å². The fourth-order valence-electron chi connectivity index (χ4n) is 8.54. The average molecular weight is 521 g/mol. The van der Waals surface area contributed by atoms with Crippen LogP contribution in [-0.4, -0.2) is 49.4 Å². The van der Waals surface area contributed by atoms with Crippen LogP contribution in [0.5, 0.6) is 0 Å². The topological polar surface area (TPSA) is 72.8 Å². The van der Waals surface area contributed by atoms with Crippen molar-refractivity contribution in [3.05, 3.63) is 11.1 Å². The zero-order valence-electron chi connectivity index (χ0n) is 24.8. The van der Waals surface area contributed by atoms with Crippen LogP contribution in [0.15, 0.2) is 11.1 Å². The number of Topliss-reactive ketones (excluding diaryl/α,β-unsaturated/α-hetero) is 2. The molecule has 0 spiro atoms. The molecule has 6 heteroatoms. The third-order valence-electron chi connectivity index (χ3n) is 11.3. The van der Waals surface area contributed by atoms with Crippen molar-refractivity contribution in [3.8, 4) is 0 Å². The summed E-state index contributed by atoms with van der Waals surface area (Å²) in [6, 6.07) is 2.92. The molecule has 3 aliphatic rings. The molecule has 0 radical (unpaired) electrons. The van der Waals surface area contributed by atoms with Gasteiger partial charge in [0.15, 0.2) is 8.32 Å². The fraction of sp³-hybridized carbons (Fsp3) is 0.867. The molecule has 206 valence electrons. The van der Waals surface area contributed by atoms with Crippen molar-refractivity contribution >= 4 is 19.9 Å². The van der Waals surface area contributed by atoms with Crippen molar-refractivity contribution in [2.75, 3.05) is 6.61 Å². The van der Waals surface area contributed by atoms with Gasteiger partial charge in [0.2, 0.25) is 11.6 Å². The van der Waals surface area contributed by atoms with Crippen molar-refractivity contribution in [1.82, 2.24) is 0 Å². The number of hydrogen-bond acceptors (Lipinski definition) is 5. The minimum Gasteiger partial charge on any atom is -0.413 e. The lowest BCUT2D eigenvalue weighted by molar-refractivity contribution is -0.206. The number of ether oxygens (including phenoxy) is 1. The number of aliphatic hydroxyl groups is 1. The van der Waals surface area contributed by atoms with Crippen LogP contribution in [0.1, 0.15) is 89.0 Å². The first-order chi connectivity index (χ1) is 16.6. The number of allylic oxidation sites excluding steroid dienone is 1. The highest BCUT2D eigenvalue weighted by Gasteiger charge is 2.68. The normalized spacial score (nSPS) is 41.1. The van der Waals surface area contributed by atoms with E-state index in [4.69, 9.17) is 9.16 Å². The Morgan fingerprint density at radius 1 is 1.00 bits per heavy atom. The van der Waals surface area contributed by atoms with E-state index in [-0.39, 0.29) is 35.6 Å². The predicted octanol–water partition coefficient (Wildman–Crippen LogP) is 6.35. The molecule has 1 unspecified atom stereocenters. The molecule has 8 atom stereocenters. The Morgan fingerprint density at radius 2 is 1.56 bits per heavy atom. The Hall–Kier alpha value is -0.823. The van der Waals surface area contributed by atoms with Gasteiger partial charge in [-0.15, -0.1) is 0 Å². The lowest BCUT2D eigenvalue weighted by Crippen LogP contribution is -2.69. The highest BCUT2D eigenvalue weighted by atomic mass is 28.4. The molecule has 0 heterocycles. The molecule has 0 aromatic heterocycles. The smallest absolute Gasteiger partial charge is 0.225 e. The third-order valence-corrected chi connectivity index (χ3v) is 16.0. The van der Waals surface area contributed by atoms with Crippen molar-refractivity contribution in [2.24, 2.45) is 34.5 Å². The van der Waals surface area contributed by atoms with E-state index in [0.717, 1.165) is 23.7 Å². The maximum Gasteiger partial charge on any atom is 0.225 e. The molecule has 36 heavy (non-hydrogen) atoms. The fourth-order valence-corrected chi connectivity index (χ4v) is 11.5. The van der Waals surface area contributed by atoms with Crippen LogP contribution in [0.2, 0.25) is 18.1 Å². The molecular weight excluding hydrogens is 468 g/mol. The van der Waals surface area contributed by atoms with Crippen molar-refractivity contribution < 1.29 is 23.9 Å². The monoisotopic (exact) mass is 520 g/mol. The average Bonchev–Trinajstić information content (AvgIpc) is 2.83. The lowest BCUT2D eigenvalue weighted by atomic mass is 9.44. The van der Waals surface area contributed by atoms with Gasteiger partial charge in [0.05, 0.1) is 23.2 Å². The second-order valence-corrected chi connectivity index (χ2v) is 17.6.